The van der Waals surface area contributed by atoms with Gasteiger partial charge in [0.25, 0.3) is 0 Å². The third kappa shape index (κ3) is 4.05. The Bertz CT molecular complexity index is 431. The maximum atomic E-state index is 8.89. The lowest BCUT2D eigenvalue weighted by molar-refractivity contribution is -0.206. The van der Waals surface area contributed by atoms with Crippen LogP contribution >= 0.6 is 0 Å². The highest BCUT2D eigenvalue weighted by Crippen LogP contribution is 2.27. The lowest BCUT2D eigenvalue weighted by Gasteiger charge is -2.29. The van der Waals surface area contributed by atoms with Crippen molar-refractivity contribution < 1.29 is 9.47 Å². The molecule has 1 aromatic rings. The number of unbranched alkanes of at least 4 members (excludes halogenated alkanes) is 2. The predicted molar refractivity (Wildman–Crippen MR) is 73.4 cm³/mol. The fraction of sp³-hybridized carbons (Fsp3) is 0.562. The van der Waals surface area contributed by atoms with Crippen LogP contribution in [0.15, 0.2) is 24.3 Å². The molecule has 19 heavy (non-hydrogen) atoms. The lowest BCUT2D eigenvalue weighted by Crippen LogP contribution is -2.27. The molecule has 2 rings (SSSR count). The Labute approximate surface area is 115 Å². The Balaban J connectivity index is 1.84. The zero-order chi connectivity index (χ0) is 13.5. The number of nitrogens with zero attached hydrogens (tertiary/aromatic N) is 1. The fourth-order valence-corrected chi connectivity index (χ4v) is 2.34. The van der Waals surface area contributed by atoms with Gasteiger partial charge in [0, 0.05) is 11.5 Å². The second-order valence-corrected chi connectivity index (χ2v) is 5.10. The van der Waals surface area contributed by atoms with Gasteiger partial charge in [-0.2, -0.15) is 5.26 Å². The topological polar surface area (TPSA) is 42.2 Å². The summed E-state index contributed by atoms with van der Waals surface area (Å²) < 4.78 is 11.6. The van der Waals surface area contributed by atoms with Crippen molar-refractivity contribution in [1.82, 2.24) is 0 Å². The monoisotopic (exact) mass is 259 g/mol. The van der Waals surface area contributed by atoms with Gasteiger partial charge in [-0.05, 0) is 18.6 Å². The van der Waals surface area contributed by atoms with Crippen molar-refractivity contribution in [2.45, 2.75) is 38.9 Å². The first-order chi connectivity index (χ1) is 9.33. The molecule has 1 aliphatic rings. The van der Waals surface area contributed by atoms with Gasteiger partial charge >= 0.3 is 0 Å². The molecule has 3 nitrogen and oxygen atoms in total. The summed E-state index contributed by atoms with van der Waals surface area (Å²) in [5.41, 5.74) is 1.58. The molecule has 3 heteroatoms. The highest BCUT2D eigenvalue weighted by molar-refractivity contribution is 5.33. The zero-order valence-corrected chi connectivity index (χ0v) is 11.5. The summed E-state index contributed by atoms with van der Waals surface area (Å²) in [6.45, 7) is 3.72. The molecule has 0 bridgehead atoms. The van der Waals surface area contributed by atoms with E-state index >= 15 is 0 Å². The minimum atomic E-state index is -0.310. The smallest absolute Gasteiger partial charge is 0.183 e. The highest BCUT2D eigenvalue weighted by Gasteiger charge is 2.23. The van der Waals surface area contributed by atoms with Gasteiger partial charge in [0.2, 0.25) is 0 Å². The van der Waals surface area contributed by atoms with Crippen LogP contribution in [-0.4, -0.2) is 13.2 Å². The first kappa shape index (κ1) is 14.0. The summed E-state index contributed by atoms with van der Waals surface area (Å²) in [7, 11) is 0. The predicted octanol–water partition coefficient (Wildman–Crippen LogP) is 3.80. The Morgan fingerprint density at radius 1 is 1.26 bits per heavy atom. The average molecular weight is 259 g/mol. The first-order valence-corrected chi connectivity index (χ1v) is 7.06. The molecule has 1 heterocycles. The van der Waals surface area contributed by atoms with E-state index in [2.05, 4.69) is 13.0 Å². The van der Waals surface area contributed by atoms with Crippen molar-refractivity contribution in [2.24, 2.45) is 5.92 Å². The van der Waals surface area contributed by atoms with Gasteiger partial charge in [0.1, 0.15) is 0 Å². The molecule has 0 saturated carbocycles. The molecule has 0 atom stereocenters. The van der Waals surface area contributed by atoms with E-state index in [1.54, 1.807) is 6.07 Å². The van der Waals surface area contributed by atoms with Gasteiger partial charge in [-0.3, -0.25) is 0 Å². The summed E-state index contributed by atoms with van der Waals surface area (Å²) >= 11 is 0. The van der Waals surface area contributed by atoms with Crippen LogP contribution in [0.1, 0.15) is 50.0 Å². The number of hydrogen-bond acceptors (Lipinski definition) is 3. The van der Waals surface area contributed by atoms with Crippen LogP contribution in [-0.2, 0) is 9.47 Å². The van der Waals surface area contributed by atoms with E-state index in [1.165, 1.54) is 25.7 Å². The quantitative estimate of drug-likeness (QED) is 0.755. The first-order valence-electron chi connectivity index (χ1n) is 7.06. The van der Waals surface area contributed by atoms with Crippen LogP contribution < -0.4 is 0 Å². The van der Waals surface area contributed by atoms with E-state index in [9.17, 15) is 0 Å². The van der Waals surface area contributed by atoms with E-state index < -0.39 is 0 Å². The van der Waals surface area contributed by atoms with E-state index in [0.717, 1.165) is 18.8 Å². The summed E-state index contributed by atoms with van der Waals surface area (Å²) in [5.74, 6) is 0.516. The fourth-order valence-electron chi connectivity index (χ4n) is 2.34. The molecule has 1 saturated heterocycles. The van der Waals surface area contributed by atoms with Crippen molar-refractivity contribution in [3.8, 4) is 6.07 Å². The summed E-state index contributed by atoms with van der Waals surface area (Å²) in [6, 6.07) is 9.58. The molecule has 102 valence electrons. The summed E-state index contributed by atoms with van der Waals surface area (Å²) in [6.07, 6.45) is 4.65. The van der Waals surface area contributed by atoms with Crippen molar-refractivity contribution in [2.75, 3.05) is 13.2 Å². The standard InChI is InChI=1S/C16H21NO2/c1-2-3-4-6-14-11-18-16(19-12-14)15-8-5-7-13(9-15)10-17/h5,7-9,14,16H,2-4,6,11-12H2,1H3. The highest BCUT2D eigenvalue weighted by atomic mass is 16.7. The van der Waals surface area contributed by atoms with Crippen molar-refractivity contribution in [3.05, 3.63) is 35.4 Å². The largest absolute Gasteiger partial charge is 0.348 e. The van der Waals surface area contributed by atoms with Crippen molar-refractivity contribution in [1.29, 1.82) is 5.26 Å². The average Bonchev–Trinajstić information content (AvgIpc) is 2.48. The van der Waals surface area contributed by atoms with Crippen LogP contribution in [0, 0.1) is 17.2 Å². The molecule has 0 N–H and O–H groups in total. The molecular weight excluding hydrogens is 238 g/mol. The molecule has 0 aromatic heterocycles. The SMILES string of the molecule is CCCCCC1COC(c2cccc(C#N)c2)OC1. The van der Waals surface area contributed by atoms with Gasteiger partial charge in [0.05, 0.1) is 24.8 Å². The van der Waals surface area contributed by atoms with Gasteiger partial charge in [-0.15, -0.1) is 0 Å². The van der Waals surface area contributed by atoms with Crippen LogP contribution in [0.5, 0.6) is 0 Å². The molecule has 0 amide bonds. The molecular formula is C16H21NO2. The van der Waals surface area contributed by atoms with Crippen molar-refractivity contribution in [3.63, 3.8) is 0 Å². The number of benzene rings is 1. The molecule has 1 aliphatic heterocycles. The van der Waals surface area contributed by atoms with E-state index in [-0.39, 0.29) is 6.29 Å². The number of nitriles is 1. The summed E-state index contributed by atoms with van der Waals surface area (Å²) in [4.78, 5) is 0. The molecule has 0 unspecified atom stereocenters. The van der Waals surface area contributed by atoms with Gasteiger partial charge in [-0.25, -0.2) is 0 Å². The number of ether oxygens (including phenoxy) is 2. The maximum Gasteiger partial charge on any atom is 0.183 e. The van der Waals surface area contributed by atoms with E-state index in [1.807, 2.05) is 18.2 Å². The second kappa shape index (κ2) is 7.28. The third-order valence-electron chi connectivity index (χ3n) is 3.47. The normalized spacial score (nSPS) is 22.9. The number of rotatable bonds is 5. The van der Waals surface area contributed by atoms with Crippen LogP contribution in [0.4, 0.5) is 0 Å². The van der Waals surface area contributed by atoms with Crippen LogP contribution in [0.2, 0.25) is 0 Å². The zero-order valence-electron chi connectivity index (χ0n) is 11.5. The third-order valence-corrected chi connectivity index (χ3v) is 3.47. The molecule has 0 spiro atoms. The minimum Gasteiger partial charge on any atom is -0.348 e. The Morgan fingerprint density at radius 2 is 2.05 bits per heavy atom. The Kier molecular flexibility index (Phi) is 5.38. The molecule has 1 aromatic carbocycles. The van der Waals surface area contributed by atoms with E-state index in [4.69, 9.17) is 14.7 Å². The van der Waals surface area contributed by atoms with E-state index in [0.29, 0.717) is 11.5 Å². The number of hydrogen-bond donors (Lipinski definition) is 0. The molecule has 0 aliphatic carbocycles. The lowest BCUT2D eigenvalue weighted by atomic mass is 10.0. The second-order valence-electron chi connectivity index (χ2n) is 5.10. The Hall–Kier alpha value is -1.37. The van der Waals surface area contributed by atoms with Crippen molar-refractivity contribution >= 4 is 0 Å². The molecule has 1 fully saturated rings. The maximum absolute atomic E-state index is 8.89. The molecule has 0 radical (unpaired) electrons. The van der Waals surface area contributed by atoms with Gasteiger partial charge in [-0.1, -0.05) is 38.3 Å². The Morgan fingerprint density at radius 3 is 2.74 bits per heavy atom. The van der Waals surface area contributed by atoms with Gasteiger partial charge < -0.3 is 9.47 Å². The summed E-state index contributed by atoms with van der Waals surface area (Å²) in [5, 5.41) is 8.89. The van der Waals surface area contributed by atoms with Gasteiger partial charge in [0.15, 0.2) is 6.29 Å². The minimum absolute atomic E-state index is 0.310. The van der Waals surface area contributed by atoms with Crippen LogP contribution in [0.25, 0.3) is 0 Å². The van der Waals surface area contributed by atoms with Crippen LogP contribution in [0.3, 0.4) is 0 Å².